The predicted molar refractivity (Wildman–Crippen MR) is 101 cm³/mol. The summed E-state index contributed by atoms with van der Waals surface area (Å²) in [6.07, 6.45) is 2.55. The van der Waals surface area contributed by atoms with Gasteiger partial charge in [0.05, 0.1) is 6.61 Å². The minimum absolute atomic E-state index is 0.688. The third kappa shape index (κ3) is 4.54. The number of benzene rings is 1. The van der Waals surface area contributed by atoms with Crippen LogP contribution in [0, 0.1) is 0 Å². The quantitative estimate of drug-likeness (QED) is 0.833. The molecule has 0 saturated carbocycles. The van der Waals surface area contributed by atoms with Gasteiger partial charge < -0.3 is 15.0 Å². The molecule has 6 heteroatoms. The zero-order chi connectivity index (χ0) is 16.6. The maximum Gasteiger partial charge on any atom is 0.134 e. The predicted octanol–water partition coefficient (Wildman–Crippen LogP) is 3.08. The largest absolute Gasteiger partial charge is 0.494 e. The summed E-state index contributed by atoms with van der Waals surface area (Å²) < 4.78 is 5.68. The second-order valence-corrected chi connectivity index (χ2v) is 6.80. The van der Waals surface area contributed by atoms with Crippen molar-refractivity contribution in [3.05, 3.63) is 42.2 Å². The maximum absolute atomic E-state index is 5.68. The van der Waals surface area contributed by atoms with Crippen molar-refractivity contribution in [2.75, 3.05) is 48.0 Å². The summed E-state index contributed by atoms with van der Waals surface area (Å²) in [5.41, 5.74) is 1.22. The standard InChI is InChI=1S/C18H24N4OS/c1-2-23-16-6-4-3-5-15(16)7-8-19-17-13-18(21-14-20-17)22-9-11-24-12-10-22/h3-6,13-14H,2,7-12H2,1H3,(H,19,20,21). The van der Waals surface area contributed by atoms with Gasteiger partial charge in [-0.2, -0.15) is 11.8 Å². The van der Waals surface area contributed by atoms with Crippen LogP contribution in [0.15, 0.2) is 36.7 Å². The minimum atomic E-state index is 0.688. The van der Waals surface area contributed by atoms with Crippen LogP contribution >= 0.6 is 11.8 Å². The smallest absolute Gasteiger partial charge is 0.134 e. The van der Waals surface area contributed by atoms with Crippen LogP contribution in [0.3, 0.4) is 0 Å². The number of nitrogens with zero attached hydrogens (tertiary/aromatic N) is 3. The molecule has 0 radical (unpaired) electrons. The SMILES string of the molecule is CCOc1ccccc1CCNc1cc(N2CCSCC2)ncn1. The van der Waals surface area contributed by atoms with Crippen LogP contribution in [0.5, 0.6) is 5.75 Å². The van der Waals surface area contributed by atoms with Gasteiger partial charge in [0.2, 0.25) is 0 Å². The van der Waals surface area contributed by atoms with Gasteiger partial charge in [0, 0.05) is 37.2 Å². The van der Waals surface area contributed by atoms with Gasteiger partial charge in [0.15, 0.2) is 0 Å². The van der Waals surface area contributed by atoms with Crippen LogP contribution < -0.4 is 15.0 Å². The molecule has 0 bridgehead atoms. The van der Waals surface area contributed by atoms with Crippen molar-refractivity contribution >= 4 is 23.4 Å². The number of ether oxygens (including phenoxy) is 1. The topological polar surface area (TPSA) is 50.3 Å². The van der Waals surface area contributed by atoms with E-state index in [2.05, 4.69) is 32.3 Å². The van der Waals surface area contributed by atoms with Crippen LogP contribution in [0.1, 0.15) is 12.5 Å². The number of para-hydroxylation sites is 1. The molecule has 1 aliphatic heterocycles. The first-order valence-electron chi connectivity index (χ1n) is 8.46. The molecule has 0 aliphatic carbocycles. The number of thioether (sulfide) groups is 1. The molecule has 0 unspecified atom stereocenters. The fourth-order valence-corrected chi connectivity index (χ4v) is 3.64. The van der Waals surface area contributed by atoms with E-state index in [0.29, 0.717) is 6.61 Å². The molecule has 128 valence electrons. The number of hydrogen-bond donors (Lipinski definition) is 1. The highest BCUT2D eigenvalue weighted by Gasteiger charge is 2.13. The molecule has 1 aromatic carbocycles. The van der Waals surface area contributed by atoms with Crippen molar-refractivity contribution in [3.8, 4) is 5.75 Å². The molecule has 1 aromatic heterocycles. The van der Waals surface area contributed by atoms with Crippen molar-refractivity contribution in [1.82, 2.24) is 9.97 Å². The zero-order valence-electron chi connectivity index (χ0n) is 14.1. The average molecular weight is 344 g/mol. The molecule has 0 spiro atoms. The summed E-state index contributed by atoms with van der Waals surface area (Å²) in [5.74, 6) is 5.20. The van der Waals surface area contributed by atoms with Gasteiger partial charge >= 0.3 is 0 Å². The Morgan fingerprint density at radius 3 is 2.88 bits per heavy atom. The van der Waals surface area contributed by atoms with E-state index < -0.39 is 0 Å². The van der Waals surface area contributed by atoms with Gasteiger partial charge in [0.25, 0.3) is 0 Å². The monoisotopic (exact) mass is 344 g/mol. The summed E-state index contributed by atoms with van der Waals surface area (Å²) in [5, 5.41) is 3.40. The molecule has 2 aromatic rings. The Balaban J connectivity index is 1.57. The van der Waals surface area contributed by atoms with E-state index in [9.17, 15) is 0 Å². The molecule has 2 heterocycles. The molecule has 1 saturated heterocycles. The summed E-state index contributed by atoms with van der Waals surface area (Å²) in [4.78, 5) is 11.1. The number of hydrogen-bond acceptors (Lipinski definition) is 6. The fourth-order valence-electron chi connectivity index (χ4n) is 2.74. The molecule has 0 amide bonds. The van der Waals surface area contributed by atoms with Crippen molar-refractivity contribution < 1.29 is 4.74 Å². The normalized spacial score (nSPS) is 14.5. The van der Waals surface area contributed by atoms with E-state index in [-0.39, 0.29) is 0 Å². The fraction of sp³-hybridized carbons (Fsp3) is 0.444. The lowest BCUT2D eigenvalue weighted by Crippen LogP contribution is -2.33. The van der Waals surface area contributed by atoms with Crippen LogP contribution in [0.4, 0.5) is 11.6 Å². The van der Waals surface area contributed by atoms with Gasteiger partial charge in [-0.15, -0.1) is 0 Å². The lowest BCUT2D eigenvalue weighted by molar-refractivity contribution is 0.336. The summed E-state index contributed by atoms with van der Waals surface area (Å²) in [6.45, 7) is 5.63. The van der Waals surface area contributed by atoms with Crippen LogP contribution in [0.2, 0.25) is 0 Å². The van der Waals surface area contributed by atoms with Gasteiger partial charge in [-0.05, 0) is 25.0 Å². The van der Waals surface area contributed by atoms with Crippen molar-refractivity contribution in [2.24, 2.45) is 0 Å². The van der Waals surface area contributed by atoms with E-state index in [1.54, 1.807) is 6.33 Å². The van der Waals surface area contributed by atoms with Gasteiger partial charge in [-0.25, -0.2) is 9.97 Å². The lowest BCUT2D eigenvalue weighted by Gasteiger charge is -2.27. The number of nitrogens with one attached hydrogen (secondary N) is 1. The van der Waals surface area contributed by atoms with E-state index in [4.69, 9.17) is 4.74 Å². The van der Waals surface area contributed by atoms with Crippen LogP contribution in [0.25, 0.3) is 0 Å². The molecular weight excluding hydrogens is 320 g/mol. The second-order valence-electron chi connectivity index (χ2n) is 5.58. The molecule has 3 rings (SSSR count). The number of rotatable bonds is 7. The first-order valence-corrected chi connectivity index (χ1v) is 9.61. The Morgan fingerprint density at radius 1 is 1.21 bits per heavy atom. The third-order valence-electron chi connectivity index (χ3n) is 3.96. The summed E-state index contributed by atoms with van der Waals surface area (Å²) in [6, 6.07) is 10.2. The van der Waals surface area contributed by atoms with E-state index in [0.717, 1.165) is 43.4 Å². The highest BCUT2D eigenvalue weighted by atomic mass is 32.2. The van der Waals surface area contributed by atoms with Gasteiger partial charge in [0.1, 0.15) is 23.7 Å². The number of anilines is 2. The molecule has 24 heavy (non-hydrogen) atoms. The first kappa shape index (κ1) is 16.9. The second kappa shape index (κ2) is 8.78. The van der Waals surface area contributed by atoms with Crippen LogP contribution in [-0.4, -0.2) is 47.7 Å². The number of aromatic nitrogens is 2. The minimum Gasteiger partial charge on any atom is -0.494 e. The van der Waals surface area contributed by atoms with Gasteiger partial charge in [-0.3, -0.25) is 0 Å². The molecule has 1 fully saturated rings. The van der Waals surface area contributed by atoms with Crippen LogP contribution in [-0.2, 0) is 6.42 Å². The Morgan fingerprint density at radius 2 is 2.04 bits per heavy atom. The molecule has 1 N–H and O–H groups in total. The average Bonchev–Trinajstić information content (AvgIpc) is 2.64. The van der Waals surface area contributed by atoms with Gasteiger partial charge in [-0.1, -0.05) is 18.2 Å². The van der Waals surface area contributed by atoms with Crippen molar-refractivity contribution in [1.29, 1.82) is 0 Å². The molecule has 0 atom stereocenters. The Bertz CT molecular complexity index is 646. The van der Waals surface area contributed by atoms with E-state index in [1.165, 1.54) is 17.1 Å². The third-order valence-corrected chi connectivity index (χ3v) is 4.90. The van der Waals surface area contributed by atoms with E-state index in [1.807, 2.05) is 36.9 Å². The Hall–Kier alpha value is -1.95. The highest BCUT2D eigenvalue weighted by Crippen LogP contribution is 2.20. The summed E-state index contributed by atoms with van der Waals surface area (Å²) >= 11 is 2.00. The molecule has 5 nitrogen and oxygen atoms in total. The highest BCUT2D eigenvalue weighted by molar-refractivity contribution is 7.99. The van der Waals surface area contributed by atoms with E-state index >= 15 is 0 Å². The Kier molecular flexibility index (Phi) is 6.18. The first-order chi connectivity index (χ1) is 11.9. The Labute approximate surface area is 147 Å². The lowest BCUT2D eigenvalue weighted by atomic mass is 10.1. The summed E-state index contributed by atoms with van der Waals surface area (Å²) in [7, 11) is 0. The molecule has 1 aliphatic rings. The molecular formula is C18H24N4OS. The van der Waals surface area contributed by atoms with Crippen molar-refractivity contribution in [3.63, 3.8) is 0 Å². The zero-order valence-corrected chi connectivity index (χ0v) is 14.9. The maximum atomic E-state index is 5.68. The van der Waals surface area contributed by atoms with Crippen molar-refractivity contribution in [2.45, 2.75) is 13.3 Å².